The van der Waals surface area contributed by atoms with Crippen molar-refractivity contribution in [3.8, 4) is 11.1 Å². The van der Waals surface area contributed by atoms with Gasteiger partial charge < -0.3 is 10.1 Å². The van der Waals surface area contributed by atoms with Crippen LogP contribution < -0.4 is 5.32 Å². The molecule has 8 heteroatoms. The Morgan fingerprint density at radius 1 is 0.875 bits per heavy atom. The Balaban J connectivity index is 1.49. The minimum absolute atomic E-state index is 0.0816. The number of amides is 1. The SMILES string of the molecule is CON(CCCNC(=O)OCc1ccccc1)S(=O)(=O)c1ccc(-c2ccccc2)cc1. The van der Waals surface area contributed by atoms with Gasteiger partial charge in [0.25, 0.3) is 10.0 Å². The Hall–Kier alpha value is -3.20. The quantitative estimate of drug-likeness (QED) is 0.366. The fourth-order valence-corrected chi connectivity index (χ4v) is 4.33. The lowest BCUT2D eigenvalue weighted by Gasteiger charge is -2.19. The van der Waals surface area contributed by atoms with Crippen molar-refractivity contribution in [2.24, 2.45) is 0 Å². The Morgan fingerprint density at radius 3 is 2.09 bits per heavy atom. The van der Waals surface area contributed by atoms with E-state index in [2.05, 4.69) is 5.32 Å². The zero-order chi connectivity index (χ0) is 22.8. The van der Waals surface area contributed by atoms with Gasteiger partial charge in [0.2, 0.25) is 0 Å². The van der Waals surface area contributed by atoms with Gasteiger partial charge in [-0.1, -0.05) is 77.3 Å². The van der Waals surface area contributed by atoms with Crippen molar-refractivity contribution < 1.29 is 22.8 Å². The lowest BCUT2D eigenvalue weighted by atomic mass is 10.1. The topological polar surface area (TPSA) is 84.9 Å². The number of nitrogens with one attached hydrogen (secondary N) is 1. The summed E-state index contributed by atoms with van der Waals surface area (Å²) >= 11 is 0. The predicted molar refractivity (Wildman–Crippen MR) is 122 cm³/mol. The van der Waals surface area contributed by atoms with Crippen LogP contribution in [0.15, 0.2) is 89.8 Å². The molecule has 1 N–H and O–H groups in total. The molecular weight excluding hydrogens is 428 g/mol. The molecule has 0 saturated carbocycles. The lowest BCUT2D eigenvalue weighted by molar-refractivity contribution is -0.0489. The highest BCUT2D eigenvalue weighted by Gasteiger charge is 2.24. The first-order valence-corrected chi connectivity index (χ1v) is 11.6. The summed E-state index contributed by atoms with van der Waals surface area (Å²) < 4.78 is 31.8. The zero-order valence-corrected chi connectivity index (χ0v) is 18.6. The van der Waals surface area contributed by atoms with E-state index in [1.54, 1.807) is 24.3 Å². The first-order valence-electron chi connectivity index (χ1n) is 10.2. The molecule has 32 heavy (non-hydrogen) atoms. The largest absolute Gasteiger partial charge is 0.445 e. The maximum Gasteiger partial charge on any atom is 0.407 e. The first-order chi connectivity index (χ1) is 15.5. The Labute approximate surface area is 188 Å². The van der Waals surface area contributed by atoms with Crippen molar-refractivity contribution in [2.75, 3.05) is 20.2 Å². The van der Waals surface area contributed by atoms with E-state index in [0.29, 0.717) is 6.42 Å². The van der Waals surface area contributed by atoms with Crippen LogP contribution in [0.4, 0.5) is 4.79 Å². The van der Waals surface area contributed by atoms with Gasteiger partial charge in [0.1, 0.15) is 6.61 Å². The van der Waals surface area contributed by atoms with Gasteiger partial charge in [-0.15, -0.1) is 0 Å². The number of ether oxygens (including phenoxy) is 1. The van der Waals surface area contributed by atoms with Gasteiger partial charge in [0.15, 0.2) is 0 Å². The van der Waals surface area contributed by atoms with E-state index in [9.17, 15) is 13.2 Å². The van der Waals surface area contributed by atoms with Crippen molar-refractivity contribution in [1.29, 1.82) is 0 Å². The molecule has 0 aromatic heterocycles. The number of nitrogens with zero attached hydrogens (tertiary/aromatic N) is 1. The summed E-state index contributed by atoms with van der Waals surface area (Å²) in [5.41, 5.74) is 2.81. The molecule has 0 saturated heterocycles. The molecule has 0 heterocycles. The molecule has 3 aromatic carbocycles. The first kappa shape index (κ1) is 23.5. The van der Waals surface area contributed by atoms with Gasteiger partial charge in [-0.05, 0) is 35.2 Å². The molecular formula is C24H26N2O5S. The smallest absolute Gasteiger partial charge is 0.407 e. The molecule has 0 fully saturated rings. The fraction of sp³-hybridized carbons (Fsp3) is 0.208. The average Bonchev–Trinajstić information content (AvgIpc) is 2.84. The van der Waals surface area contributed by atoms with Crippen LogP contribution in [0.25, 0.3) is 11.1 Å². The number of rotatable bonds is 10. The summed E-state index contributed by atoms with van der Waals surface area (Å²) in [5, 5.41) is 2.61. The molecule has 0 unspecified atom stereocenters. The van der Waals surface area contributed by atoms with E-state index < -0.39 is 16.1 Å². The van der Waals surface area contributed by atoms with Gasteiger partial charge in [-0.25, -0.2) is 13.2 Å². The molecule has 0 aliphatic carbocycles. The third-order valence-corrected chi connectivity index (χ3v) is 6.47. The molecule has 0 radical (unpaired) electrons. The van der Waals surface area contributed by atoms with Gasteiger partial charge in [-0.3, -0.25) is 4.84 Å². The minimum atomic E-state index is -3.83. The molecule has 0 aliphatic heterocycles. The summed E-state index contributed by atoms with van der Waals surface area (Å²) in [6.45, 7) is 0.498. The van der Waals surface area contributed by atoms with Gasteiger partial charge in [0.05, 0.1) is 12.0 Å². The van der Waals surface area contributed by atoms with Gasteiger partial charge >= 0.3 is 6.09 Å². The third kappa shape index (κ3) is 6.40. The molecule has 1 amide bonds. The summed E-state index contributed by atoms with van der Waals surface area (Å²) in [7, 11) is -2.53. The third-order valence-electron chi connectivity index (χ3n) is 4.73. The molecule has 3 aromatic rings. The number of carbonyl (C=O) groups is 1. The van der Waals surface area contributed by atoms with Crippen molar-refractivity contribution in [1.82, 2.24) is 9.79 Å². The van der Waals surface area contributed by atoms with E-state index in [4.69, 9.17) is 9.57 Å². The number of sulfonamides is 1. The normalized spacial score (nSPS) is 11.3. The maximum absolute atomic E-state index is 12.9. The fourth-order valence-electron chi connectivity index (χ4n) is 3.05. The van der Waals surface area contributed by atoms with Crippen LogP contribution in [-0.2, 0) is 26.2 Å². The highest BCUT2D eigenvalue weighted by molar-refractivity contribution is 7.89. The maximum atomic E-state index is 12.9. The molecule has 7 nitrogen and oxygen atoms in total. The number of carbonyl (C=O) groups excluding carboxylic acids is 1. The van der Waals surface area contributed by atoms with E-state index in [-0.39, 0.29) is 24.6 Å². The van der Waals surface area contributed by atoms with Crippen LogP contribution in [0.2, 0.25) is 0 Å². The van der Waals surface area contributed by atoms with Crippen LogP contribution in [0.5, 0.6) is 0 Å². The van der Waals surface area contributed by atoms with Crippen molar-refractivity contribution >= 4 is 16.1 Å². The number of hydroxylamine groups is 1. The molecule has 168 valence electrons. The summed E-state index contributed by atoms with van der Waals surface area (Å²) in [6.07, 6.45) is -0.201. The van der Waals surface area contributed by atoms with Crippen LogP contribution in [0, 0.1) is 0 Å². The Morgan fingerprint density at radius 2 is 1.47 bits per heavy atom. The highest BCUT2D eigenvalue weighted by Crippen LogP contribution is 2.23. The molecule has 0 aliphatic rings. The lowest BCUT2D eigenvalue weighted by Crippen LogP contribution is -2.33. The van der Waals surface area contributed by atoms with Crippen molar-refractivity contribution in [3.05, 3.63) is 90.5 Å². The minimum Gasteiger partial charge on any atom is -0.445 e. The van der Waals surface area contributed by atoms with Crippen LogP contribution >= 0.6 is 0 Å². The predicted octanol–water partition coefficient (Wildman–Crippen LogP) is 4.22. The number of hydrogen-bond donors (Lipinski definition) is 1. The van der Waals surface area contributed by atoms with E-state index in [1.807, 2.05) is 60.7 Å². The van der Waals surface area contributed by atoms with E-state index >= 15 is 0 Å². The van der Waals surface area contributed by atoms with Crippen LogP contribution in [-0.4, -0.2) is 39.2 Å². The second kappa shape index (κ2) is 11.4. The summed E-state index contributed by atoms with van der Waals surface area (Å²) in [5.74, 6) is 0. The van der Waals surface area contributed by atoms with Gasteiger partial charge in [0, 0.05) is 13.1 Å². The number of hydrogen-bond acceptors (Lipinski definition) is 5. The Bertz CT molecular complexity index is 1090. The zero-order valence-electron chi connectivity index (χ0n) is 17.8. The highest BCUT2D eigenvalue weighted by atomic mass is 32.2. The molecule has 0 bridgehead atoms. The van der Waals surface area contributed by atoms with Crippen molar-refractivity contribution in [3.63, 3.8) is 0 Å². The van der Waals surface area contributed by atoms with Crippen molar-refractivity contribution in [2.45, 2.75) is 17.9 Å². The van der Waals surface area contributed by atoms with E-state index in [1.165, 1.54) is 7.11 Å². The van der Waals surface area contributed by atoms with Crippen LogP contribution in [0.3, 0.4) is 0 Å². The number of alkyl carbamates (subject to hydrolysis) is 1. The van der Waals surface area contributed by atoms with Crippen LogP contribution in [0.1, 0.15) is 12.0 Å². The summed E-state index contributed by atoms with van der Waals surface area (Å²) in [4.78, 5) is 17.0. The average molecular weight is 455 g/mol. The molecule has 3 rings (SSSR count). The molecule has 0 atom stereocenters. The second-order valence-electron chi connectivity index (χ2n) is 6.95. The van der Waals surface area contributed by atoms with E-state index in [0.717, 1.165) is 21.2 Å². The Kier molecular flexibility index (Phi) is 8.38. The monoisotopic (exact) mass is 454 g/mol. The molecule has 0 spiro atoms. The van der Waals surface area contributed by atoms with Gasteiger partial charge in [-0.2, -0.15) is 0 Å². The number of benzene rings is 3. The standard InChI is InChI=1S/C24H26N2O5S/c1-30-26(18-8-17-25-24(27)31-19-20-9-4-2-5-10-20)32(28,29)23-15-13-22(14-16-23)21-11-6-3-7-12-21/h2-7,9-16H,8,17-19H2,1H3,(H,25,27). The second-order valence-corrected chi connectivity index (χ2v) is 8.78. The summed E-state index contributed by atoms with van der Waals surface area (Å²) in [6, 6.07) is 25.7.